The average molecular weight is 1410 g/mol. The molecule has 1 aliphatic carbocycles. The highest BCUT2D eigenvalue weighted by Gasteiger charge is 2.32. The zero-order valence-corrected chi connectivity index (χ0v) is 69.3. The summed E-state index contributed by atoms with van der Waals surface area (Å²) in [6.45, 7) is 61.8. The summed E-state index contributed by atoms with van der Waals surface area (Å²) in [7, 11) is 0. The lowest BCUT2D eigenvalue weighted by Gasteiger charge is -2.28. The van der Waals surface area contributed by atoms with Gasteiger partial charge in [0.25, 0.3) is 0 Å². The van der Waals surface area contributed by atoms with Crippen LogP contribution in [0, 0.1) is 0 Å². The van der Waals surface area contributed by atoms with Crippen molar-refractivity contribution in [2.24, 2.45) is 0 Å². The smallest absolute Gasteiger partial charge is 0.126 e. The van der Waals surface area contributed by atoms with Gasteiger partial charge in [-0.1, -0.05) is 333 Å². The van der Waals surface area contributed by atoms with Gasteiger partial charge in [0.15, 0.2) is 0 Å². The molecule has 0 atom stereocenters. The van der Waals surface area contributed by atoms with Crippen LogP contribution in [0.3, 0.4) is 0 Å². The fourth-order valence-corrected chi connectivity index (χ4v) is 14.3. The van der Waals surface area contributed by atoms with Crippen LogP contribution >= 0.6 is 0 Å². The first-order chi connectivity index (χ1) is 48.4. The van der Waals surface area contributed by atoms with E-state index >= 15 is 0 Å². The summed E-state index contributed by atoms with van der Waals surface area (Å²) in [6.07, 6.45) is 2.17. The van der Waals surface area contributed by atoms with E-state index in [4.69, 9.17) is 14.2 Å². The highest BCUT2D eigenvalue weighted by atomic mass is 16.5. The number of phenolic OH excluding ortho intramolecular Hbond substituents is 3. The monoisotopic (exact) mass is 1410 g/mol. The molecule has 1 aliphatic rings. The maximum absolute atomic E-state index is 13.5. The molecule has 0 aromatic heterocycles. The molecule has 0 radical (unpaired) electrons. The Labute approximate surface area is 633 Å². The zero-order valence-electron chi connectivity index (χ0n) is 69.3. The number of hydrogen-bond acceptors (Lipinski definition) is 6. The van der Waals surface area contributed by atoms with E-state index in [2.05, 4.69) is 333 Å². The summed E-state index contributed by atoms with van der Waals surface area (Å²) in [4.78, 5) is 0. The minimum atomic E-state index is -0.311. The Morgan fingerprint density at radius 3 is 0.467 bits per heavy atom. The predicted octanol–water partition coefficient (Wildman–Crippen LogP) is 25.1. The number of benzene rings is 9. The van der Waals surface area contributed by atoms with E-state index in [9.17, 15) is 15.3 Å². The van der Waals surface area contributed by atoms with Gasteiger partial charge in [0.05, 0.1) is 0 Å². The molecule has 0 aliphatic heterocycles. The Balaban J connectivity index is 1.31. The lowest BCUT2D eigenvalue weighted by atomic mass is 9.79. The molecule has 0 spiro atoms. The fraction of sp³-hybridized carbons (Fsp3) is 0.455. The van der Waals surface area contributed by atoms with Crippen LogP contribution in [0.15, 0.2) is 146 Å². The van der Waals surface area contributed by atoms with Crippen LogP contribution in [-0.2, 0) is 107 Å². The second-order valence-electron chi connectivity index (χ2n) is 40.1. The Hall–Kier alpha value is -8.22. The van der Waals surface area contributed by atoms with E-state index in [1.165, 1.54) is 16.7 Å². The minimum absolute atomic E-state index is 0.0231. The molecule has 0 amide bonds. The van der Waals surface area contributed by atoms with Crippen molar-refractivity contribution in [1.82, 2.24) is 0 Å². The van der Waals surface area contributed by atoms with Crippen LogP contribution in [0.4, 0.5) is 0 Å². The Bertz CT molecular complexity index is 4010. The second kappa shape index (κ2) is 29.2. The SMILES string of the molecule is CC(C)(C)c1ccc(COc2c3cc(C(C)(C)C)cc2Cc2cc(C(C)(C)C)cc(c2O)Cc2cc(C(C)(C)C)cc(c2OCc2ccc(C(C)(C)C)cc2)Cc2cc(C(C)(C)C)cc(c2O)Cc2cc(C(C)(C)C)cc(c2OCc2ccc(C(C)(C)C)cc2)Cc2cc(C(C)(C)C)cc(c2O)C3)cc1. The molecule has 9 aromatic rings. The van der Waals surface area contributed by atoms with E-state index in [1.54, 1.807) is 0 Å². The number of rotatable bonds is 9. The fourth-order valence-electron chi connectivity index (χ4n) is 14.3. The molecule has 6 nitrogen and oxygen atoms in total. The van der Waals surface area contributed by atoms with Gasteiger partial charge < -0.3 is 29.5 Å². The highest BCUT2D eigenvalue weighted by molar-refractivity contribution is 5.62. The number of ether oxygens (including phenoxy) is 3. The third kappa shape index (κ3) is 19.0. The molecule has 0 fully saturated rings. The Morgan fingerprint density at radius 2 is 0.333 bits per heavy atom. The quantitative estimate of drug-likeness (QED) is 0.133. The van der Waals surface area contributed by atoms with Gasteiger partial charge in [-0.2, -0.15) is 0 Å². The van der Waals surface area contributed by atoms with Gasteiger partial charge in [-0.3, -0.25) is 0 Å². The molecule has 0 heterocycles. The van der Waals surface area contributed by atoms with Crippen molar-refractivity contribution in [3.8, 4) is 34.5 Å². The number of fused-ring (bicyclic) bond motifs is 12. The van der Waals surface area contributed by atoms with Crippen molar-refractivity contribution in [3.05, 3.63) is 279 Å². The predicted molar refractivity (Wildman–Crippen MR) is 441 cm³/mol. The summed E-state index contributed by atoms with van der Waals surface area (Å²) in [5.41, 5.74) is 22.2. The summed E-state index contributed by atoms with van der Waals surface area (Å²) < 4.78 is 22.3. The van der Waals surface area contributed by atoms with Gasteiger partial charge in [0.2, 0.25) is 0 Å². The van der Waals surface area contributed by atoms with E-state index in [1.807, 2.05) is 0 Å². The van der Waals surface area contributed by atoms with E-state index in [0.29, 0.717) is 58.3 Å². The van der Waals surface area contributed by atoms with Gasteiger partial charge in [-0.05, 0) is 182 Å². The van der Waals surface area contributed by atoms with Gasteiger partial charge in [0.1, 0.15) is 54.3 Å². The number of hydrogen-bond donors (Lipinski definition) is 3. The topological polar surface area (TPSA) is 88.4 Å². The van der Waals surface area contributed by atoms with Gasteiger partial charge >= 0.3 is 0 Å². The normalized spacial score (nSPS) is 13.9. The van der Waals surface area contributed by atoms with Crippen LogP contribution in [-0.4, -0.2) is 15.3 Å². The molecular formula is C99H126O6. The molecule has 105 heavy (non-hydrogen) atoms. The van der Waals surface area contributed by atoms with Crippen molar-refractivity contribution < 1.29 is 29.5 Å². The van der Waals surface area contributed by atoms with Crippen molar-refractivity contribution >= 4 is 0 Å². The third-order valence-electron chi connectivity index (χ3n) is 21.6. The van der Waals surface area contributed by atoms with Crippen LogP contribution in [0.2, 0.25) is 0 Å². The second-order valence-corrected chi connectivity index (χ2v) is 40.1. The van der Waals surface area contributed by atoms with E-state index in [0.717, 1.165) is 134 Å². The van der Waals surface area contributed by atoms with Crippen LogP contribution in [0.5, 0.6) is 34.5 Å². The summed E-state index contributed by atoms with van der Waals surface area (Å²) >= 11 is 0. The van der Waals surface area contributed by atoms with Gasteiger partial charge in [0, 0.05) is 38.5 Å². The molecule has 558 valence electrons. The maximum Gasteiger partial charge on any atom is 0.126 e. The van der Waals surface area contributed by atoms with Gasteiger partial charge in [-0.15, -0.1) is 0 Å². The minimum Gasteiger partial charge on any atom is -0.507 e. The molecule has 3 N–H and O–H groups in total. The molecule has 6 heteroatoms. The summed E-state index contributed by atoms with van der Waals surface area (Å²) in [6, 6.07) is 53.5. The summed E-state index contributed by atoms with van der Waals surface area (Å²) in [5.74, 6) is 2.92. The van der Waals surface area contributed by atoms with Crippen molar-refractivity contribution in [2.75, 3.05) is 0 Å². The average Bonchev–Trinajstić information content (AvgIpc) is 0.770. The van der Waals surface area contributed by atoms with Crippen LogP contribution in [0.1, 0.15) is 320 Å². The zero-order chi connectivity index (χ0) is 77.3. The molecular weight excluding hydrogens is 1290 g/mol. The Morgan fingerprint density at radius 1 is 0.200 bits per heavy atom. The molecule has 9 aromatic carbocycles. The van der Waals surface area contributed by atoms with Crippen LogP contribution < -0.4 is 14.2 Å². The molecule has 0 saturated heterocycles. The molecule has 0 saturated carbocycles. The molecule has 10 rings (SSSR count). The highest BCUT2D eigenvalue weighted by Crippen LogP contribution is 2.47. The first kappa shape index (κ1) is 79.3. The molecule has 12 bridgehead atoms. The van der Waals surface area contributed by atoms with E-state index in [-0.39, 0.29) is 66.0 Å². The first-order valence-electron chi connectivity index (χ1n) is 38.6. The third-order valence-corrected chi connectivity index (χ3v) is 21.6. The Kier molecular flexibility index (Phi) is 22.0. The number of phenols is 3. The van der Waals surface area contributed by atoms with E-state index < -0.39 is 0 Å². The largest absolute Gasteiger partial charge is 0.507 e. The lowest BCUT2D eigenvalue weighted by molar-refractivity contribution is 0.299. The number of aromatic hydroxyl groups is 3. The maximum atomic E-state index is 13.5. The van der Waals surface area contributed by atoms with Crippen molar-refractivity contribution in [2.45, 2.75) is 294 Å². The van der Waals surface area contributed by atoms with Crippen LogP contribution in [0.25, 0.3) is 0 Å². The standard InChI is InChI=1S/C99H126O6/c1-91(2,3)76-34-28-61(29-35-76)58-103-88-70-40-64-46-79(94(10,11)12)48-66(85(64)100)42-72-54-83(98(22,23)24)56-74(89(72)104-59-62-30-36-77(37-31-62)92(4,5)6)44-68-50-81(96(16,17)18)51-69(87(68)102)45-75-57-84(99(25,26)27)55-73(90(75)105-60-63-32-38-78(39-33-63)93(7,8)9)43-67-49-80(95(13,14)15)47-65(86(67)101)41-71(88)53-82(52-70)97(19,20)21/h28-39,46-57,100-102H,40-45,58-60H2,1-27H3. The van der Waals surface area contributed by atoms with Gasteiger partial charge in [-0.25, -0.2) is 0 Å². The summed E-state index contributed by atoms with van der Waals surface area (Å²) in [5, 5.41) is 40.5. The first-order valence-corrected chi connectivity index (χ1v) is 38.6. The van der Waals surface area contributed by atoms with Crippen molar-refractivity contribution in [3.63, 3.8) is 0 Å². The lowest BCUT2D eigenvalue weighted by Crippen LogP contribution is -2.16. The van der Waals surface area contributed by atoms with Crippen molar-refractivity contribution in [1.29, 1.82) is 0 Å². The molecule has 0 unspecified atom stereocenters.